The van der Waals surface area contributed by atoms with Gasteiger partial charge in [-0.3, -0.25) is 14.6 Å². The van der Waals surface area contributed by atoms with E-state index >= 15 is 0 Å². The number of aryl methyl sites for hydroxylation is 1. The van der Waals surface area contributed by atoms with E-state index < -0.39 is 5.92 Å². The molecule has 4 aromatic rings. The first-order valence-corrected chi connectivity index (χ1v) is 10.8. The Hall–Kier alpha value is -3.87. The van der Waals surface area contributed by atoms with E-state index in [-0.39, 0.29) is 24.1 Å². The topological polar surface area (TPSA) is 80.4 Å². The smallest absolute Gasteiger partial charge is 0.289 e. The molecule has 1 unspecified atom stereocenters. The van der Waals surface area contributed by atoms with Crippen molar-refractivity contribution in [2.75, 3.05) is 13.1 Å². The van der Waals surface area contributed by atoms with Crippen LogP contribution in [0, 0.1) is 0 Å². The van der Waals surface area contributed by atoms with Crippen LogP contribution < -0.4 is 5.32 Å². The van der Waals surface area contributed by atoms with Gasteiger partial charge in [0.2, 0.25) is 5.91 Å². The number of fused-ring (bicyclic) bond motifs is 2. The van der Waals surface area contributed by atoms with Gasteiger partial charge in [0.05, 0.1) is 17.9 Å². The molecular weight excluding hydrogens is 404 g/mol. The zero-order valence-corrected chi connectivity index (χ0v) is 17.6. The number of aromatic nitrogens is 2. The van der Waals surface area contributed by atoms with E-state index in [1.54, 1.807) is 23.2 Å². The highest BCUT2D eigenvalue weighted by molar-refractivity contribution is 5.93. The number of hydrogen-bond acceptors (Lipinski definition) is 4. The number of amides is 2. The van der Waals surface area contributed by atoms with Gasteiger partial charge in [-0.05, 0) is 47.7 Å². The monoisotopic (exact) mass is 428 g/mol. The molecule has 0 fully saturated rings. The molecule has 5 rings (SSSR count). The van der Waals surface area contributed by atoms with Gasteiger partial charge >= 0.3 is 0 Å². The van der Waals surface area contributed by atoms with E-state index in [0.717, 1.165) is 24.2 Å². The first-order chi connectivity index (χ1) is 15.7. The number of para-hydroxylation sites is 1. The number of nitrogens with zero attached hydrogens (tertiary/aromatic N) is 3. The summed E-state index contributed by atoms with van der Waals surface area (Å²) in [6, 6.07) is 17.4. The Labute approximate surface area is 185 Å². The summed E-state index contributed by atoms with van der Waals surface area (Å²) in [5.41, 5.74) is 2.82. The van der Waals surface area contributed by atoms with E-state index in [1.165, 1.54) is 17.2 Å². The normalized spacial score (nSPS) is 15.5. The van der Waals surface area contributed by atoms with Crippen molar-refractivity contribution < 1.29 is 14.0 Å². The first-order valence-electron chi connectivity index (χ1n) is 10.8. The number of hydrogen-bond donors (Lipinski definition) is 1. The van der Waals surface area contributed by atoms with Crippen LogP contribution in [0.1, 0.15) is 34.2 Å². The second kappa shape index (κ2) is 8.70. The number of furan rings is 1. The molecule has 4 heterocycles. The molecule has 0 spiro atoms. The molecule has 1 aromatic carbocycles. The summed E-state index contributed by atoms with van der Waals surface area (Å²) in [6.07, 6.45) is 6.05. The predicted molar refractivity (Wildman–Crippen MR) is 120 cm³/mol. The van der Waals surface area contributed by atoms with Crippen molar-refractivity contribution in [3.63, 3.8) is 0 Å². The van der Waals surface area contributed by atoms with Crippen molar-refractivity contribution >= 4 is 22.7 Å². The Balaban J connectivity index is 1.24. The number of pyridine rings is 1. The Bertz CT molecular complexity index is 1250. The van der Waals surface area contributed by atoms with Crippen LogP contribution >= 0.6 is 0 Å². The Kier molecular flexibility index (Phi) is 5.46. The molecule has 1 atom stereocenters. The van der Waals surface area contributed by atoms with Gasteiger partial charge in [0.25, 0.3) is 5.91 Å². The van der Waals surface area contributed by atoms with Gasteiger partial charge in [0.1, 0.15) is 0 Å². The van der Waals surface area contributed by atoms with Gasteiger partial charge in [-0.1, -0.05) is 24.3 Å². The number of carbonyl (C=O) groups excluding carboxylic acids is 2. The van der Waals surface area contributed by atoms with Gasteiger partial charge in [-0.2, -0.15) is 0 Å². The summed E-state index contributed by atoms with van der Waals surface area (Å²) < 4.78 is 7.46. The van der Waals surface area contributed by atoms with Crippen LogP contribution in [0.5, 0.6) is 0 Å². The molecule has 0 saturated heterocycles. The quantitative estimate of drug-likeness (QED) is 0.476. The maximum atomic E-state index is 13.1. The lowest BCUT2D eigenvalue weighted by molar-refractivity contribution is -0.123. The average molecular weight is 428 g/mol. The molecule has 2 amide bonds. The standard InChI is InChI=1S/C25H24N4O3/c30-24(27-12-5-13-28-14-10-18-6-1-2-8-21(18)28)20-17-29(25(31)22-9-4-15-32-22)16-19-7-3-11-26-23(19)20/h1-4,6-11,14-15,20H,5,12-13,16-17H2,(H,27,30). The van der Waals surface area contributed by atoms with Crippen molar-refractivity contribution in [2.45, 2.75) is 25.4 Å². The zero-order chi connectivity index (χ0) is 21.9. The fourth-order valence-electron chi connectivity index (χ4n) is 4.31. The number of benzene rings is 1. The molecular formula is C25H24N4O3. The summed E-state index contributed by atoms with van der Waals surface area (Å²) in [4.78, 5) is 32.0. The van der Waals surface area contributed by atoms with E-state index in [4.69, 9.17) is 4.42 Å². The van der Waals surface area contributed by atoms with Crippen molar-refractivity contribution in [1.29, 1.82) is 0 Å². The SMILES string of the molecule is O=C(NCCCn1ccc2ccccc21)C1CN(C(=O)c2ccco2)Cc2cccnc21. The van der Waals surface area contributed by atoms with Gasteiger partial charge in [0, 0.05) is 44.1 Å². The van der Waals surface area contributed by atoms with Crippen molar-refractivity contribution in [2.24, 2.45) is 0 Å². The largest absolute Gasteiger partial charge is 0.459 e. The third-order valence-electron chi connectivity index (χ3n) is 5.91. The van der Waals surface area contributed by atoms with Gasteiger partial charge in [-0.25, -0.2) is 0 Å². The van der Waals surface area contributed by atoms with Gasteiger partial charge in [0.15, 0.2) is 5.76 Å². The minimum absolute atomic E-state index is 0.112. The molecule has 7 nitrogen and oxygen atoms in total. The highest BCUT2D eigenvalue weighted by Gasteiger charge is 2.34. The molecule has 0 radical (unpaired) electrons. The minimum Gasteiger partial charge on any atom is -0.459 e. The summed E-state index contributed by atoms with van der Waals surface area (Å²) in [6.45, 7) is 2.05. The molecule has 1 N–H and O–H groups in total. The Morgan fingerprint density at radius 3 is 2.88 bits per heavy atom. The van der Waals surface area contributed by atoms with Gasteiger partial charge in [-0.15, -0.1) is 0 Å². The molecule has 1 aliphatic rings. The first kappa shape index (κ1) is 20.1. The lowest BCUT2D eigenvalue weighted by Crippen LogP contribution is -2.44. The molecule has 7 heteroatoms. The lowest BCUT2D eigenvalue weighted by Gasteiger charge is -2.32. The molecule has 0 saturated carbocycles. The number of carbonyl (C=O) groups is 2. The van der Waals surface area contributed by atoms with Crippen LogP contribution in [0.15, 0.2) is 77.7 Å². The fourth-order valence-corrected chi connectivity index (χ4v) is 4.31. The number of rotatable bonds is 6. The highest BCUT2D eigenvalue weighted by Crippen LogP contribution is 2.28. The Morgan fingerprint density at radius 2 is 2.00 bits per heavy atom. The molecule has 1 aliphatic heterocycles. The van der Waals surface area contributed by atoms with Crippen LogP contribution in [-0.2, 0) is 17.9 Å². The van der Waals surface area contributed by atoms with E-state index in [9.17, 15) is 9.59 Å². The Morgan fingerprint density at radius 1 is 1.09 bits per heavy atom. The minimum atomic E-state index is -0.508. The maximum absolute atomic E-state index is 13.1. The van der Waals surface area contributed by atoms with Crippen LogP contribution in [0.4, 0.5) is 0 Å². The van der Waals surface area contributed by atoms with E-state index in [1.807, 2.05) is 24.3 Å². The molecule has 0 bridgehead atoms. The fraction of sp³-hybridized carbons (Fsp3) is 0.240. The van der Waals surface area contributed by atoms with Crippen LogP contribution in [0.25, 0.3) is 10.9 Å². The van der Waals surface area contributed by atoms with Crippen LogP contribution in [0.2, 0.25) is 0 Å². The summed E-state index contributed by atoms with van der Waals surface area (Å²) >= 11 is 0. The second-order valence-corrected chi connectivity index (χ2v) is 7.98. The average Bonchev–Trinajstić information content (AvgIpc) is 3.51. The highest BCUT2D eigenvalue weighted by atomic mass is 16.3. The number of nitrogens with one attached hydrogen (secondary N) is 1. The molecule has 3 aromatic heterocycles. The maximum Gasteiger partial charge on any atom is 0.289 e. The zero-order valence-electron chi connectivity index (χ0n) is 17.6. The van der Waals surface area contributed by atoms with E-state index in [0.29, 0.717) is 13.1 Å². The second-order valence-electron chi connectivity index (χ2n) is 7.98. The molecule has 0 aliphatic carbocycles. The van der Waals surface area contributed by atoms with Crippen LogP contribution in [0.3, 0.4) is 0 Å². The summed E-state index contributed by atoms with van der Waals surface area (Å²) in [5, 5.41) is 4.26. The summed E-state index contributed by atoms with van der Waals surface area (Å²) in [7, 11) is 0. The van der Waals surface area contributed by atoms with Crippen molar-refractivity contribution in [3.05, 3.63) is 90.3 Å². The third kappa shape index (κ3) is 3.89. The van der Waals surface area contributed by atoms with Crippen LogP contribution in [-0.4, -0.2) is 39.4 Å². The third-order valence-corrected chi connectivity index (χ3v) is 5.91. The lowest BCUT2D eigenvalue weighted by atomic mass is 9.93. The predicted octanol–water partition coefficient (Wildman–Crippen LogP) is 3.58. The molecule has 32 heavy (non-hydrogen) atoms. The van der Waals surface area contributed by atoms with Gasteiger partial charge < -0.3 is 19.2 Å². The van der Waals surface area contributed by atoms with Crippen molar-refractivity contribution in [1.82, 2.24) is 19.8 Å². The summed E-state index contributed by atoms with van der Waals surface area (Å²) in [5.74, 6) is -0.567. The van der Waals surface area contributed by atoms with Crippen molar-refractivity contribution in [3.8, 4) is 0 Å². The molecule has 162 valence electrons. The van der Waals surface area contributed by atoms with E-state index in [2.05, 4.69) is 39.3 Å².